The summed E-state index contributed by atoms with van der Waals surface area (Å²) in [5.41, 5.74) is 0.836. The van der Waals surface area contributed by atoms with E-state index in [2.05, 4.69) is 20.8 Å². The lowest BCUT2D eigenvalue weighted by Crippen LogP contribution is -2.43. The summed E-state index contributed by atoms with van der Waals surface area (Å²) in [6, 6.07) is 8.11. The van der Waals surface area contributed by atoms with Gasteiger partial charge in [0.1, 0.15) is 18.9 Å². The zero-order valence-electron chi connectivity index (χ0n) is 10.5. The number of carboxylic acids is 1. The summed E-state index contributed by atoms with van der Waals surface area (Å²) in [6.07, 6.45) is 1.50. The highest BCUT2D eigenvalue weighted by atomic mass is 16.4. The van der Waals surface area contributed by atoms with Crippen molar-refractivity contribution in [3.63, 3.8) is 0 Å². The molecule has 8 nitrogen and oxygen atoms in total. The maximum Gasteiger partial charge on any atom is 0.326 e. The van der Waals surface area contributed by atoms with Gasteiger partial charge in [0.2, 0.25) is 5.91 Å². The van der Waals surface area contributed by atoms with Crippen molar-refractivity contribution in [1.29, 1.82) is 0 Å². The molecule has 0 bridgehead atoms. The molecule has 2 aromatic rings. The average Bonchev–Trinajstić information content (AvgIpc) is 2.92. The van der Waals surface area contributed by atoms with E-state index in [1.807, 2.05) is 30.3 Å². The Morgan fingerprint density at radius 2 is 2.05 bits per heavy atom. The van der Waals surface area contributed by atoms with E-state index in [1.54, 1.807) is 0 Å². The van der Waals surface area contributed by atoms with Crippen LogP contribution in [0.15, 0.2) is 36.7 Å². The minimum atomic E-state index is -1.08. The number of amides is 1. The van der Waals surface area contributed by atoms with E-state index in [0.29, 0.717) is 0 Å². The topological polar surface area (TPSA) is 110 Å². The Morgan fingerprint density at radius 3 is 2.65 bits per heavy atom. The number of carbonyl (C=O) groups is 2. The molecule has 2 rings (SSSR count). The number of rotatable bonds is 6. The van der Waals surface area contributed by atoms with Gasteiger partial charge in [-0.1, -0.05) is 30.3 Å². The molecule has 0 aliphatic carbocycles. The van der Waals surface area contributed by atoms with E-state index >= 15 is 0 Å². The molecule has 8 heteroatoms. The second-order valence-corrected chi connectivity index (χ2v) is 4.16. The molecule has 0 fully saturated rings. The average molecular weight is 275 g/mol. The minimum Gasteiger partial charge on any atom is -0.480 e. The third kappa shape index (κ3) is 3.87. The summed E-state index contributed by atoms with van der Waals surface area (Å²) in [5, 5.41) is 21.9. The van der Waals surface area contributed by atoms with Gasteiger partial charge in [-0.25, -0.2) is 9.48 Å². The standard InChI is InChI=1S/C12H13N5O3/c18-11(7-17-8-13-15-16-17)14-10(12(19)20)6-9-4-2-1-3-5-9/h1-5,8,10H,6-7H2,(H,14,18)(H,19,20)/t10-/m1/s1. The van der Waals surface area contributed by atoms with Crippen LogP contribution in [0.2, 0.25) is 0 Å². The predicted molar refractivity (Wildman–Crippen MR) is 67.5 cm³/mol. The minimum absolute atomic E-state index is 0.119. The van der Waals surface area contributed by atoms with E-state index in [-0.39, 0.29) is 13.0 Å². The van der Waals surface area contributed by atoms with Gasteiger partial charge in [-0.3, -0.25) is 4.79 Å². The van der Waals surface area contributed by atoms with Gasteiger partial charge in [-0.05, 0) is 16.0 Å². The van der Waals surface area contributed by atoms with Gasteiger partial charge in [0.05, 0.1) is 0 Å². The van der Waals surface area contributed by atoms with E-state index in [0.717, 1.165) is 5.56 Å². The number of tetrazole rings is 1. The smallest absolute Gasteiger partial charge is 0.326 e. The predicted octanol–water partition coefficient (Wildman–Crippen LogP) is -0.515. The summed E-state index contributed by atoms with van der Waals surface area (Å²) in [7, 11) is 0. The number of hydrogen-bond donors (Lipinski definition) is 2. The lowest BCUT2D eigenvalue weighted by atomic mass is 10.1. The monoisotopic (exact) mass is 275 g/mol. The molecular formula is C12H13N5O3. The zero-order valence-corrected chi connectivity index (χ0v) is 10.5. The highest BCUT2D eigenvalue weighted by Gasteiger charge is 2.20. The summed E-state index contributed by atoms with van der Waals surface area (Å²) in [4.78, 5) is 22.9. The maximum absolute atomic E-state index is 11.7. The third-order valence-corrected chi connectivity index (χ3v) is 2.61. The molecule has 1 atom stereocenters. The Kier molecular flexibility index (Phi) is 4.38. The lowest BCUT2D eigenvalue weighted by Gasteiger charge is -2.14. The fourth-order valence-electron chi connectivity index (χ4n) is 1.69. The Morgan fingerprint density at radius 1 is 1.30 bits per heavy atom. The van der Waals surface area contributed by atoms with Gasteiger partial charge >= 0.3 is 5.97 Å². The lowest BCUT2D eigenvalue weighted by molar-refractivity contribution is -0.141. The van der Waals surface area contributed by atoms with Gasteiger partial charge in [-0.2, -0.15) is 0 Å². The first-order valence-electron chi connectivity index (χ1n) is 5.92. The molecule has 0 saturated carbocycles. The first-order chi connectivity index (χ1) is 9.65. The number of benzene rings is 1. The largest absolute Gasteiger partial charge is 0.480 e. The SMILES string of the molecule is O=C(Cn1cnnn1)N[C@H](Cc1ccccc1)C(=O)O. The normalized spacial score (nSPS) is 11.8. The van der Waals surface area contributed by atoms with Crippen molar-refractivity contribution < 1.29 is 14.7 Å². The molecule has 1 aromatic carbocycles. The Labute approximate surface area is 114 Å². The van der Waals surface area contributed by atoms with Crippen LogP contribution in [0.5, 0.6) is 0 Å². The van der Waals surface area contributed by atoms with Crippen LogP contribution in [-0.4, -0.2) is 43.2 Å². The van der Waals surface area contributed by atoms with Crippen LogP contribution in [-0.2, 0) is 22.6 Å². The molecule has 1 amide bonds. The molecule has 0 aliphatic heterocycles. The van der Waals surface area contributed by atoms with Crippen LogP contribution in [0, 0.1) is 0 Å². The van der Waals surface area contributed by atoms with E-state index in [1.165, 1.54) is 11.0 Å². The second kappa shape index (κ2) is 6.41. The van der Waals surface area contributed by atoms with Crippen LogP contribution in [0.1, 0.15) is 5.56 Å². The van der Waals surface area contributed by atoms with Gasteiger partial charge in [0.15, 0.2) is 0 Å². The third-order valence-electron chi connectivity index (χ3n) is 2.61. The fraction of sp³-hybridized carbons (Fsp3) is 0.250. The van der Waals surface area contributed by atoms with Crippen LogP contribution in [0.4, 0.5) is 0 Å². The van der Waals surface area contributed by atoms with Crippen molar-refractivity contribution >= 4 is 11.9 Å². The maximum atomic E-state index is 11.7. The number of aromatic nitrogens is 4. The molecule has 0 spiro atoms. The van der Waals surface area contributed by atoms with Crippen LogP contribution in [0.3, 0.4) is 0 Å². The van der Waals surface area contributed by atoms with E-state index in [9.17, 15) is 9.59 Å². The van der Waals surface area contributed by atoms with E-state index < -0.39 is 17.9 Å². The molecule has 0 radical (unpaired) electrons. The molecule has 0 unspecified atom stereocenters. The molecular weight excluding hydrogens is 262 g/mol. The van der Waals surface area contributed by atoms with Crippen molar-refractivity contribution in [2.24, 2.45) is 0 Å². The first kappa shape index (κ1) is 13.7. The van der Waals surface area contributed by atoms with Crippen molar-refractivity contribution in [1.82, 2.24) is 25.5 Å². The highest BCUT2D eigenvalue weighted by Crippen LogP contribution is 2.03. The fourth-order valence-corrected chi connectivity index (χ4v) is 1.69. The molecule has 1 aromatic heterocycles. The molecule has 2 N–H and O–H groups in total. The van der Waals surface area contributed by atoms with Gasteiger partial charge in [0, 0.05) is 6.42 Å². The summed E-state index contributed by atoms with van der Waals surface area (Å²) >= 11 is 0. The summed E-state index contributed by atoms with van der Waals surface area (Å²) in [5.74, 6) is -1.54. The number of carboxylic acid groups (broad SMARTS) is 1. The molecule has 20 heavy (non-hydrogen) atoms. The number of nitrogens with zero attached hydrogens (tertiary/aromatic N) is 4. The molecule has 104 valence electrons. The van der Waals surface area contributed by atoms with Crippen molar-refractivity contribution in [2.45, 2.75) is 19.0 Å². The highest BCUT2D eigenvalue weighted by molar-refractivity contribution is 5.83. The molecule has 0 saturated heterocycles. The van der Waals surface area contributed by atoms with Gasteiger partial charge < -0.3 is 10.4 Å². The number of hydrogen-bond acceptors (Lipinski definition) is 5. The Bertz CT molecular complexity index is 570. The number of aliphatic carboxylic acids is 1. The zero-order chi connectivity index (χ0) is 14.4. The van der Waals surface area contributed by atoms with Crippen molar-refractivity contribution in [3.8, 4) is 0 Å². The van der Waals surface area contributed by atoms with Crippen molar-refractivity contribution in [3.05, 3.63) is 42.2 Å². The van der Waals surface area contributed by atoms with E-state index in [4.69, 9.17) is 5.11 Å². The van der Waals surface area contributed by atoms with Gasteiger partial charge in [0.25, 0.3) is 0 Å². The quantitative estimate of drug-likeness (QED) is 0.734. The van der Waals surface area contributed by atoms with Crippen LogP contribution < -0.4 is 5.32 Å². The van der Waals surface area contributed by atoms with Gasteiger partial charge in [-0.15, -0.1) is 5.10 Å². The second-order valence-electron chi connectivity index (χ2n) is 4.16. The Balaban J connectivity index is 1.95. The van der Waals surface area contributed by atoms with Crippen LogP contribution >= 0.6 is 0 Å². The molecule has 0 aliphatic rings. The number of carbonyl (C=O) groups excluding carboxylic acids is 1. The first-order valence-corrected chi connectivity index (χ1v) is 5.92. The number of nitrogens with one attached hydrogen (secondary N) is 1. The van der Waals surface area contributed by atoms with Crippen LogP contribution in [0.25, 0.3) is 0 Å². The summed E-state index contributed by atoms with van der Waals surface area (Å²) < 4.78 is 1.22. The van der Waals surface area contributed by atoms with Crippen molar-refractivity contribution in [2.75, 3.05) is 0 Å². The Hall–Kier alpha value is -2.77. The molecule has 1 heterocycles. The summed E-state index contributed by atoms with van der Waals surface area (Å²) in [6.45, 7) is -0.119.